The molecule has 5 rings (SSSR count). The average molecular weight is 464 g/mol. The van der Waals surface area contributed by atoms with E-state index in [1.807, 2.05) is 46.2 Å². The highest BCUT2D eigenvalue weighted by Crippen LogP contribution is 2.34. The Balaban J connectivity index is 1.18. The first-order chi connectivity index (χ1) is 16.6. The molecule has 0 N–H and O–H groups in total. The number of amides is 2. The summed E-state index contributed by atoms with van der Waals surface area (Å²) in [5, 5.41) is 8.88. The first-order valence-corrected chi connectivity index (χ1v) is 12.4. The van der Waals surface area contributed by atoms with Crippen molar-refractivity contribution in [2.24, 2.45) is 5.92 Å². The largest absolute Gasteiger partial charge is 0.497 e. The minimum Gasteiger partial charge on any atom is -0.497 e. The molecule has 0 atom stereocenters. The molecule has 3 fully saturated rings. The molecular formula is C26H33N5O3. The number of hydrogen-bond donors (Lipinski definition) is 0. The number of benzene rings is 1. The van der Waals surface area contributed by atoms with Crippen molar-refractivity contribution in [1.82, 2.24) is 20.0 Å². The van der Waals surface area contributed by atoms with Gasteiger partial charge in [-0.2, -0.15) is 0 Å². The summed E-state index contributed by atoms with van der Waals surface area (Å²) in [6, 6.07) is 12.0. The van der Waals surface area contributed by atoms with E-state index in [0.29, 0.717) is 19.6 Å². The molecule has 2 saturated carbocycles. The third kappa shape index (κ3) is 5.00. The Bertz CT molecular complexity index is 1000. The first kappa shape index (κ1) is 22.6. The Kier molecular flexibility index (Phi) is 6.65. The van der Waals surface area contributed by atoms with Crippen LogP contribution < -0.4 is 9.64 Å². The second-order valence-electron chi connectivity index (χ2n) is 9.55. The van der Waals surface area contributed by atoms with Gasteiger partial charge in [-0.3, -0.25) is 9.59 Å². The number of carbonyl (C=O) groups is 2. The molecule has 180 valence electrons. The molecule has 1 aromatic carbocycles. The fraction of sp³-hybridized carbons (Fsp3) is 0.538. The Labute approximate surface area is 200 Å². The van der Waals surface area contributed by atoms with E-state index in [1.54, 1.807) is 7.11 Å². The lowest BCUT2D eigenvalue weighted by Crippen LogP contribution is -2.47. The van der Waals surface area contributed by atoms with E-state index in [0.717, 1.165) is 67.9 Å². The molecule has 0 bridgehead atoms. The van der Waals surface area contributed by atoms with Crippen LogP contribution >= 0.6 is 0 Å². The molecular weight excluding hydrogens is 430 g/mol. The monoisotopic (exact) mass is 463 g/mol. The molecule has 1 aliphatic heterocycles. The summed E-state index contributed by atoms with van der Waals surface area (Å²) in [5.74, 6) is 2.05. The molecule has 0 unspecified atom stereocenters. The number of methoxy groups -OCH3 is 1. The van der Waals surface area contributed by atoms with E-state index in [-0.39, 0.29) is 30.3 Å². The second-order valence-corrected chi connectivity index (χ2v) is 9.55. The molecule has 3 aliphatic rings. The lowest BCUT2D eigenvalue weighted by atomic mass is 9.84. The summed E-state index contributed by atoms with van der Waals surface area (Å²) < 4.78 is 5.22. The first-order valence-electron chi connectivity index (χ1n) is 12.4. The van der Waals surface area contributed by atoms with Crippen molar-refractivity contribution in [2.75, 3.05) is 44.7 Å². The number of nitrogens with zero attached hydrogens (tertiary/aromatic N) is 5. The van der Waals surface area contributed by atoms with Gasteiger partial charge in [0.15, 0.2) is 5.82 Å². The summed E-state index contributed by atoms with van der Waals surface area (Å²) >= 11 is 0. The molecule has 1 saturated heterocycles. The standard InChI is InChI=1S/C26H33N5O3/c1-34-22-10-6-19(7-11-22)23-12-13-24(28-27-23)29-14-3-15-30(17-16-29)25(32)18-31(21-8-9-21)26(33)20-4-2-5-20/h6-7,10-13,20-21H,2-5,8-9,14-18H2,1H3. The van der Waals surface area contributed by atoms with Gasteiger partial charge in [-0.15, -0.1) is 10.2 Å². The van der Waals surface area contributed by atoms with Crippen LogP contribution in [0.25, 0.3) is 11.3 Å². The van der Waals surface area contributed by atoms with E-state index in [2.05, 4.69) is 15.1 Å². The summed E-state index contributed by atoms with van der Waals surface area (Å²) in [5.41, 5.74) is 1.80. The lowest BCUT2D eigenvalue weighted by molar-refractivity contribution is -0.145. The zero-order chi connectivity index (χ0) is 23.5. The molecule has 2 aromatic rings. The molecule has 2 heterocycles. The predicted molar refractivity (Wildman–Crippen MR) is 130 cm³/mol. The van der Waals surface area contributed by atoms with Crippen LogP contribution in [-0.4, -0.2) is 77.7 Å². The fourth-order valence-corrected chi connectivity index (χ4v) is 4.71. The second kappa shape index (κ2) is 9.99. The molecule has 0 spiro atoms. The van der Waals surface area contributed by atoms with Gasteiger partial charge in [0.1, 0.15) is 12.3 Å². The molecule has 34 heavy (non-hydrogen) atoms. The number of hydrogen-bond acceptors (Lipinski definition) is 6. The topological polar surface area (TPSA) is 78.9 Å². The SMILES string of the molecule is COc1ccc(-c2ccc(N3CCCN(C(=O)CN(C(=O)C4CCC4)C4CC4)CC3)nn2)cc1. The van der Waals surface area contributed by atoms with Gasteiger partial charge < -0.3 is 19.4 Å². The summed E-state index contributed by atoms with van der Waals surface area (Å²) in [4.78, 5) is 31.9. The minimum absolute atomic E-state index is 0.0716. The maximum Gasteiger partial charge on any atom is 0.242 e. The summed E-state index contributed by atoms with van der Waals surface area (Å²) in [7, 11) is 1.65. The molecule has 8 heteroatoms. The Hall–Kier alpha value is -3.16. The van der Waals surface area contributed by atoms with Crippen LogP contribution in [-0.2, 0) is 9.59 Å². The van der Waals surface area contributed by atoms with Crippen molar-refractivity contribution >= 4 is 17.6 Å². The highest BCUT2D eigenvalue weighted by atomic mass is 16.5. The van der Waals surface area contributed by atoms with Crippen LogP contribution in [0.15, 0.2) is 36.4 Å². The zero-order valence-electron chi connectivity index (χ0n) is 19.9. The van der Waals surface area contributed by atoms with Crippen LogP contribution in [0.1, 0.15) is 38.5 Å². The van der Waals surface area contributed by atoms with E-state index in [4.69, 9.17) is 4.74 Å². The van der Waals surface area contributed by atoms with E-state index >= 15 is 0 Å². The van der Waals surface area contributed by atoms with Gasteiger partial charge in [-0.25, -0.2) is 0 Å². The average Bonchev–Trinajstić information content (AvgIpc) is 3.69. The smallest absolute Gasteiger partial charge is 0.242 e. The maximum atomic E-state index is 13.1. The van der Waals surface area contributed by atoms with E-state index in [1.165, 1.54) is 0 Å². The lowest BCUT2D eigenvalue weighted by Gasteiger charge is -2.33. The molecule has 8 nitrogen and oxygen atoms in total. The van der Waals surface area contributed by atoms with Crippen LogP contribution in [0, 0.1) is 5.92 Å². The third-order valence-corrected chi connectivity index (χ3v) is 7.24. The summed E-state index contributed by atoms with van der Waals surface area (Å²) in [6.07, 6.45) is 6.03. The van der Waals surface area contributed by atoms with E-state index in [9.17, 15) is 9.59 Å². The van der Waals surface area contributed by atoms with Crippen LogP contribution in [0.4, 0.5) is 5.82 Å². The van der Waals surface area contributed by atoms with Crippen LogP contribution in [0.5, 0.6) is 5.75 Å². The van der Waals surface area contributed by atoms with Gasteiger partial charge in [0.25, 0.3) is 0 Å². The van der Waals surface area contributed by atoms with Crippen molar-refractivity contribution in [3.05, 3.63) is 36.4 Å². The third-order valence-electron chi connectivity index (χ3n) is 7.24. The van der Waals surface area contributed by atoms with Crippen molar-refractivity contribution < 1.29 is 14.3 Å². The van der Waals surface area contributed by atoms with Gasteiger partial charge in [0.05, 0.1) is 12.8 Å². The highest BCUT2D eigenvalue weighted by Gasteiger charge is 2.39. The zero-order valence-corrected chi connectivity index (χ0v) is 19.9. The van der Waals surface area contributed by atoms with Crippen LogP contribution in [0.3, 0.4) is 0 Å². The predicted octanol–water partition coefficient (Wildman–Crippen LogP) is 2.98. The van der Waals surface area contributed by atoms with Crippen LogP contribution in [0.2, 0.25) is 0 Å². The van der Waals surface area contributed by atoms with Gasteiger partial charge in [-0.1, -0.05) is 6.42 Å². The van der Waals surface area contributed by atoms with E-state index < -0.39 is 0 Å². The minimum atomic E-state index is 0.0716. The molecule has 2 amide bonds. The highest BCUT2D eigenvalue weighted by molar-refractivity contribution is 5.87. The quantitative estimate of drug-likeness (QED) is 0.628. The summed E-state index contributed by atoms with van der Waals surface area (Å²) in [6.45, 7) is 3.12. The number of carbonyl (C=O) groups excluding carboxylic acids is 2. The van der Waals surface area contributed by atoms with Crippen molar-refractivity contribution in [1.29, 1.82) is 0 Å². The van der Waals surface area contributed by atoms with Gasteiger partial charge in [0.2, 0.25) is 11.8 Å². The molecule has 0 radical (unpaired) electrons. The maximum absolute atomic E-state index is 13.1. The molecule has 1 aromatic heterocycles. The molecule has 2 aliphatic carbocycles. The Morgan fingerprint density at radius 1 is 0.941 bits per heavy atom. The number of anilines is 1. The number of rotatable bonds is 7. The Morgan fingerprint density at radius 3 is 2.35 bits per heavy atom. The van der Waals surface area contributed by atoms with Crippen molar-refractivity contribution in [3.8, 4) is 17.0 Å². The number of ether oxygens (including phenoxy) is 1. The van der Waals surface area contributed by atoms with Crippen molar-refractivity contribution in [3.63, 3.8) is 0 Å². The van der Waals surface area contributed by atoms with Gasteiger partial charge in [0, 0.05) is 43.7 Å². The Morgan fingerprint density at radius 2 is 1.74 bits per heavy atom. The van der Waals surface area contributed by atoms with Crippen molar-refractivity contribution in [2.45, 2.75) is 44.6 Å². The normalized spacial score (nSPS) is 18.7. The number of aromatic nitrogens is 2. The fourth-order valence-electron chi connectivity index (χ4n) is 4.71. The van der Waals surface area contributed by atoms with Gasteiger partial charge in [-0.05, 0) is 68.5 Å². The van der Waals surface area contributed by atoms with Gasteiger partial charge >= 0.3 is 0 Å².